The molecule has 3 unspecified atom stereocenters. The monoisotopic (exact) mass is 833 g/mol. The molecule has 60 heavy (non-hydrogen) atoms. The van der Waals surface area contributed by atoms with Gasteiger partial charge in [-0.15, -0.1) is 0 Å². The summed E-state index contributed by atoms with van der Waals surface area (Å²) in [5, 5.41) is 39.2. The molecule has 3 aliphatic rings. The molecule has 328 valence electrons. The van der Waals surface area contributed by atoms with Crippen molar-refractivity contribution in [3.63, 3.8) is 0 Å². The molecule has 2 fully saturated rings. The fourth-order valence-electron chi connectivity index (χ4n) is 8.86. The molecule has 6 N–H and O–H groups in total. The lowest BCUT2D eigenvalue weighted by Gasteiger charge is -2.38. The van der Waals surface area contributed by atoms with E-state index in [0.29, 0.717) is 19.6 Å². The van der Waals surface area contributed by atoms with Gasteiger partial charge in [0.2, 0.25) is 6.41 Å². The number of aliphatic hydroxyl groups is 3. The third kappa shape index (κ3) is 10.2. The number of aliphatic imine (C=N–C) groups is 1. The number of allylic oxidation sites excluding steroid dienone is 1. The van der Waals surface area contributed by atoms with Crippen LogP contribution in [0.15, 0.2) is 65.9 Å². The highest BCUT2D eigenvalue weighted by atomic mass is 16.6. The molecule has 0 aliphatic carbocycles. The fourth-order valence-corrected chi connectivity index (χ4v) is 8.86. The Kier molecular flexibility index (Phi) is 15.7. The molecule has 16 nitrogen and oxygen atoms in total. The third-order valence-electron chi connectivity index (χ3n) is 12.5. The summed E-state index contributed by atoms with van der Waals surface area (Å²) >= 11 is 0. The molecular formula is C44H63N7O9. The van der Waals surface area contributed by atoms with Crippen molar-refractivity contribution in [1.82, 2.24) is 30.4 Å². The highest BCUT2D eigenvalue weighted by Crippen LogP contribution is 2.39. The van der Waals surface area contributed by atoms with E-state index in [-0.39, 0.29) is 24.0 Å². The number of aliphatic hydroxyl groups excluding tert-OH is 3. The van der Waals surface area contributed by atoms with Crippen molar-refractivity contribution in [1.29, 1.82) is 0 Å². The number of nitrogens with zero attached hydrogens (tertiary/aromatic N) is 4. The van der Waals surface area contributed by atoms with E-state index < -0.39 is 49.3 Å². The Morgan fingerprint density at radius 3 is 2.10 bits per heavy atom. The van der Waals surface area contributed by atoms with Crippen LogP contribution in [0.25, 0.3) is 28.0 Å². The van der Waals surface area contributed by atoms with Crippen molar-refractivity contribution in [3.05, 3.63) is 72.3 Å². The molecule has 1 aromatic heterocycles. The van der Waals surface area contributed by atoms with Crippen molar-refractivity contribution in [2.24, 2.45) is 10.9 Å². The second-order valence-electron chi connectivity index (χ2n) is 16.1. The van der Waals surface area contributed by atoms with Gasteiger partial charge in [0, 0.05) is 59.4 Å². The van der Waals surface area contributed by atoms with Gasteiger partial charge in [0.25, 0.3) is 0 Å². The maximum Gasteiger partial charge on any atom is 0.407 e. The zero-order valence-electron chi connectivity index (χ0n) is 35.9. The summed E-state index contributed by atoms with van der Waals surface area (Å²) in [6, 6.07) is 15.2. The lowest BCUT2D eigenvalue weighted by atomic mass is 9.95. The van der Waals surface area contributed by atoms with Crippen LogP contribution < -0.4 is 10.6 Å². The van der Waals surface area contributed by atoms with Gasteiger partial charge in [-0.05, 0) is 73.8 Å². The Hall–Kier alpha value is -4.07. The number of likely N-dealkylation sites (tertiary alicyclic amines) is 2. The van der Waals surface area contributed by atoms with E-state index in [1.807, 2.05) is 29.1 Å². The van der Waals surface area contributed by atoms with Crippen molar-refractivity contribution < 1.29 is 43.8 Å². The minimum Gasteiger partial charge on any atom is -0.453 e. The average molecular weight is 834 g/mol. The topological polar surface area (TPSA) is 195 Å². The summed E-state index contributed by atoms with van der Waals surface area (Å²) in [5.41, 5.74) is 7.17. The normalized spacial score (nSPS) is 24.6. The number of nitrogens with one attached hydrogen (secondary N) is 3. The van der Waals surface area contributed by atoms with Crippen LogP contribution in [0.1, 0.15) is 63.9 Å². The predicted molar refractivity (Wildman–Crippen MR) is 227 cm³/mol. The van der Waals surface area contributed by atoms with Gasteiger partial charge in [-0.1, -0.05) is 48.5 Å². The van der Waals surface area contributed by atoms with Crippen LogP contribution in [-0.2, 0) is 23.7 Å². The van der Waals surface area contributed by atoms with Gasteiger partial charge in [0.1, 0.15) is 18.3 Å². The van der Waals surface area contributed by atoms with E-state index in [2.05, 4.69) is 71.1 Å². The number of amides is 1. The highest BCUT2D eigenvalue weighted by Gasteiger charge is 2.44. The van der Waals surface area contributed by atoms with E-state index in [1.54, 1.807) is 28.3 Å². The number of rotatable bonds is 19. The van der Waals surface area contributed by atoms with Gasteiger partial charge in [-0.2, -0.15) is 0 Å². The smallest absolute Gasteiger partial charge is 0.407 e. The average Bonchev–Trinajstić information content (AvgIpc) is 4.11. The largest absolute Gasteiger partial charge is 0.453 e. The number of aromatic nitrogens is 2. The van der Waals surface area contributed by atoms with Gasteiger partial charge in [-0.3, -0.25) is 20.1 Å². The number of imidazole rings is 1. The molecule has 16 heteroatoms. The molecule has 2 aromatic carbocycles. The molecule has 11 atom stereocenters. The number of hydrogen-bond acceptors (Lipinski definition) is 14. The first-order chi connectivity index (χ1) is 28.9. The quantitative estimate of drug-likeness (QED) is 0.0947. The van der Waals surface area contributed by atoms with E-state index in [4.69, 9.17) is 33.7 Å². The van der Waals surface area contributed by atoms with E-state index in [1.165, 1.54) is 14.2 Å². The minimum atomic E-state index is -1.26. The number of hydrogen-bond donors (Lipinski definition) is 6. The van der Waals surface area contributed by atoms with Gasteiger partial charge in [0.05, 0.1) is 62.0 Å². The number of ether oxygens (including phenoxy) is 5. The first-order valence-corrected chi connectivity index (χ1v) is 20.7. The van der Waals surface area contributed by atoms with E-state index in [0.717, 1.165) is 64.3 Å². The van der Waals surface area contributed by atoms with Crippen molar-refractivity contribution in [2.45, 2.75) is 108 Å². The Balaban J connectivity index is 1.10. The maximum absolute atomic E-state index is 12.1. The lowest BCUT2D eigenvalue weighted by Crippen LogP contribution is -2.60. The number of benzene rings is 2. The second-order valence-corrected chi connectivity index (χ2v) is 16.1. The summed E-state index contributed by atoms with van der Waals surface area (Å²) in [7, 11) is 7.49. The second kappa shape index (κ2) is 20.7. The number of carbonyl (C=O) groups excluding carboxylic acids is 1. The maximum atomic E-state index is 12.1. The molecule has 0 bridgehead atoms. The molecule has 1 amide bonds. The Bertz CT molecular complexity index is 1910. The van der Waals surface area contributed by atoms with Crippen LogP contribution in [0.5, 0.6) is 0 Å². The number of alkyl carbamates (subject to hydrolysis) is 1. The van der Waals surface area contributed by atoms with Crippen LogP contribution >= 0.6 is 0 Å². The zero-order valence-corrected chi connectivity index (χ0v) is 35.9. The molecule has 2 saturated heterocycles. The zero-order chi connectivity index (χ0) is 43.1. The molecule has 3 aliphatic heterocycles. The van der Waals surface area contributed by atoms with Crippen LogP contribution in [0.4, 0.5) is 4.79 Å². The minimum absolute atomic E-state index is 0.0457. The number of methoxy groups -OCH3 is 5. The number of aromatic amines is 1. The Morgan fingerprint density at radius 1 is 0.850 bits per heavy atom. The van der Waals surface area contributed by atoms with Crippen LogP contribution in [0.2, 0.25) is 0 Å². The van der Waals surface area contributed by atoms with Crippen LogP contribution in [0.3, 0.4) is 0 Å². The van der Waals surface area contributed by atoms with Gasteiger partial charge in [-0.25, -0.2) is 9.78 Å². The third-order valence-corrected chi connectivity index (χ3v) is 12.5. The molecular weight excluding hydrogens is 771 g/mol. The molecule has 6 rings (SSSR count). The Morgan fingerprint density at radius 2 is 1.48 bits per heavy atom. The highest BCUT2D eigenvalue weighted by molar-refractivity contribution is 6.01. The SMILES string of the molecule is COC[C@H]1C[C@@H](C2=NC=C(c3ccc(-c4ccc(-c5cnc([C@@H]6CC[C@H](C)N6C(O)[C@@H](NC(=O)OC)[C@@H](C)OC)[nH]5)cc4)cc3)C2)N(C(O)[C@@H](NC(O)OC)[C@@H](C)OC)C1. The summed E-state index contributed by atoms with van der Waals surface area (Å²) in [4.78, 5) is 29.3. The summed E-state index contributed by atoms with van der Waals surface area (Å²) in [5.74, 6) is 0.953. The van der Waals surface area contributed by atoms with Crippen molar-refractivity contribution in [2.75, 3.05) is 48.7 Å². The van der Waals surface area contributed by atoms with E-state index in [9.17, 15) is 20.1 Å². The van der Waals surface area contributed by atoms with Gasteiger partial charge in [0.15, 0.2) is 0 Å². The first kappa shape index (κ1) is 45.5. The molecule has 0 radical (unpaired) electrons. The molecule has 4 heterocycles. The first-order valence-electron chi connectivity index (χ1n) is 20.7. The summed E-state index contributed by atoms with van der Waals surface area (Å²) < 4.78 is 26.4. The van der Waals surface area contributed by atoms with Crippen LogP contribution in [0, 0.1) is 5.92 Å². The Labute approximate surface area is 352 Å². The molecule has 3 aromatic rings. The van der Waals surface area contributed by atoms with E-state index >= 15 is 0 Å². The lowest BCUT2D eigenvalue weighted by molar-refractivity contribution is -0.141. The number of carbonyl (C=O) groups is 1. The fraction of sp³-hybridized carbons (Fsp3) is 0.568. The molecule has 0 saturated carbocycles. The van der Waals surface area contributed by atoms with Crippen molar-refractivity contribution in [3.8, 4) is 22.4 Å². The molecule has 0 spiro atoms. The van der Waals surface area contributed by atoms with Gasteiger partial charge >= 0.3 is 6.09 Å². The summed E-state index contributed by atoms with van der Waals surface area (Å²) in [6.45, 7) is 6.88. The predicted octanol–water partition coefficient (Wildman–Crippen LogP) is 4.10. The number of H-pyrrole nitrogens is 1. The van der Waals surface area contributed by atoms with Gasteiger partial charge < -0.3 is 49.3 Å². The van der Waals surface area contributed by atoms with Crippen molar-refractivity contribution >= 4 is 17.4 Å². The standard InChI is InChI=1S/C44H63N7O9/c1-25-9-18-36(51(25)42(53)39(27(3)58-6)49-44(55)60-8)40-46-22-35(47-40)32-16-14-30(15-17-32)29-10-12-31(13-11-29)33-20-34(45-21-33)37-19-28(24-56-4)23-50(37)41(52)38(26(2)57-5)48-43(54)59-7/h10-17,21-22,25-28,36-39,41-43,48,52-54H,9,18-20,23-24H2,1-8H3,(H,46,47)(H,49,55)/t25-,26+,27+,28-,36-,37-,38-,39-,41?,42?,43?/m0/s1. The summed E-state index contributed by atoms with van der Waals surface area (Å²) in [6.07, 6.45) is 2.05. The van der Waals surface area contributed by atoms with Crippen LogP contribution in [-0.4, -0.2) is 151 Å².